The average molecular weight is 298 g/mol. The number of esters is 1. The molecule has 1 aliphatic rings. The minimum atomic E-state index is -0.0399. The van der Waals surface area contributed by atoms with Crippen LogP contribution in [0.2, 0.25) is 0 Å². The van der Waals surface area contributed by atoms with Crippen LogP contribution in [0.3, 0.4) is 0 Å². The van der Waals surface area contributed by atoms with Crippen LogP contribution in [-0.4, -0.2) is 22.4 Å². The van der Waals surface area contributed by atoms with Crippen molar-refractivity contribution in [2.24, 2.45) is 5.92 Å². The van der Waals surface area contributed by atoms with Gasteiger partial charge in [-0.2, -0.15) is 5.10 Å². The number of carbonyl (C=O) groups excluding carboxylic acids is 1. The minimum Gasteiger partial charge on any atom is -0.466 e. The Labute approximate surface area is 130 Å². The van der Waals surface area contributed by atoms with E-state index >= 15 is 0 Å². The maximum absolute atomic E-state index is 11.8. The molecule has 1 saturated carbocycles. The molecule has 1 aromatic carbocycles. The lowest BCUT2D eigenvalue weighted by Crippen LogP contribution is -2.25. The van der Waals surface area contributed by atoms with Crippen molar-refractivity contribution < 1.29 is 9.53 Å². The summed E-state index contributed by atoms with van der Waals surface area (Å²) >= 11 is 0. The van der Waals surface area contributed by atoms with E-state index in [1.165, 1.54) is 0 Å². The SMILES string of the molecule is C=Cc1ccc2c(cnn2[C@H]2CC[C@@H](C(=O)OCC)CC2)c1. The zero-order valence-electron chi connectivity index (χ0n) is 13.0. The standard InChI is InChI=1S/C18H22N2O2/c1-3-13-5-10-17-15(11-13)12-19-20(17)16-8-6-14(7-9-16)18(21)22-4-2/h3,5,10-12,14,16H,1,4,6-9H2,2H3/t14-,16+. The summed E-state index contributed by atoms with van der Waals surface area (Å²) < 4.78 is 7.25. The molecule has 1 aliphatic carbocycles. The van der Waals surface area contributed by atoms with Crippen LogP contribution < -0.4 is 0 Å². The Hall–Kier alpha value is -2.10. The second kappa shape index (κ2) is 6.34. The number of hydrogen-bond acceptors (Lipinski definition) is 3. The van der Waals surface area contributed by atoms with E-state index in [0.717, 1.165) is 42.1 Å². The van der Waals surface area contributed by atoms with Gasteiger partial charge in [0.2, 0.25) is 0 Å². The van der Waals surface area contributed by atoms with Crippen LogP contribution in [0.5, 0.6) is 0 Å². The van der Waals surface area contributed by atoms with E-state index < -0.39 is 0 Å². The first-order chi connectivity index (χ1) is 10.7. The Morgan fingerprint density at radius 3 is 2.86 bits per heavy atom. The lowest BCUT2D eigenvalue weighted by molar-refractivity contribution is -0.149. The fraction of sp³-hybridized carbons (Fsp3) is 0.444. The minimum absolute atomic E-state index is 0.0399. The van der Waals surface area contributed by atoms with E-state index in [4.69, 9.17) is 4.74 Å². The number of fused-ring (bicyclic) bond motifs is 1. The lowest BCUT2D eigenvalue weighted by atomic mass is 9.86. The summed E-state index contributed by atoms with van der Waals surface area (Å²) in [5.74, 6) is 0.0206. The van der Waals surface area contributed by atoms with Gasteiger partial charge in [-0.05, 0) is 50.3 Å². The quantitative estimate of drug-likeness (QED) is 0.802. The smallest absolute Gasteiger partial charge is 0.308 e. The molecule has 0 aliphatic heterocycles. The topological polar surface area (TPSA) is 44.1 Å². The molecule has 4 heteroatoms. The van der Waals surface area contributed by atoms with Crippen LogP contribution >= 0.6 is 0 Å². The first kappa shape index (κ1) is 14.8. The van der Waals surface area contributed by atoms with Gasteiger partial charge in [0, 0.05) is 5.39 Å². The second-order valence-electron chi connectivity index (χ2n) is 5.87. The summed E-state index contributed by atoms with van der Waals surface area (Å²) in [7, 11) is 0. The third-order valence-electron chi connectivity index (χ3n) is 4.52. The Morgan fingerprint density at radius 2 is 2.18 bits per heavy atom. The van der Waals surface area contributed by atoms with Crippen molar-refractivity contribution in [1.82, 2.24) is 9.78 Å². The van der Waals surface area contributed by atoms with Crippen LogP contribution in [0.1, 0.15) is 44.2 Å². The maximum atomic E-state index is 11.8. The van der Waals surface area contributed by atoms with E-state index in [2.05, 4.69) is 34.6 Å². The molecular formula is C18H22N2O2. The number of aromatic nitrogens is 2. The lowest BCUT2D eigenvalue weighted by Gasteiger charge is -2.27. The highest BCUT2D eigenvalue weighted by Gasteiger charge is 2.28. The van der Waals surface area contributed by atoms with Crippen LogP contribution in [-0.2, 0) is 9.53 Å². The van der Waals surface area contributed by atoms with Gasteiger partial charge in [0.25, 0.3) is 0 Å². The van der Waals surface area contributed by atoms with Gasteiger partial charge in [-0.1, -0.05) is 18.7 Å². The van der Waals surface area contributed by atoms with Crippen molar-refractivity contribution >= 4 is 22.9 Å². The van der Waals surface area contributed by atoms with E-state index in [-0.39, 0.29) is 11.9 Å². The predicted octanol–water partition coefficient (Wildman–Crippen LogP) is 3.97. The molecule has 0 unspecified atom stereocenters. The van der Waals surface area contributed by atoms with Crippen molar-refractivity contribution in [3.05, 3.63) is 36.5 Å². The molecule has 0 bridgehead atoms. The molecule has 116 valence electrons. The molecule has 0 atom stereocenters. The Balaban J connectivity index is 1.74. The van der Waals surface area contributed by atoms with Gasteiger partial charge in [0.05, 0.1) is 30.3 Å². The number of ether oxygens (including phenoxy) is 1. The molecule has 3 rings (SSSR count). The number of nitrogens with zero attached hydrogens (tertiary/aromatic N) is 2. The summed E-state index contributed by atoms with van der Waals surface area (Å²) in [5.41, 5.74) is 2.27. The van der Waals surface area contributed by atoms with Crippen molar-refractivity contribution in [3.63, 3.8) is 0 Å². The maximum Gasteiger partial charge on any atom is 0.308 e. The van der Waals surface area contributed by atoms with Gasteiger partial charge in [-0.3, -0.25) is 9.48 Å². The van der Waals surface area contributed by atoms with E-state index in [1.54, 1.807) is 0 Å². The van der Waals surface area contributed by atoms with Crippen LogP contribution in [0.15, 0.2) is 31.0 Å². The number of hydrogen-bond donors (Lipinski definition) is 0. The summed E-state index contributed by atoms with van der Waals surface area (Å²) in [5, 5.41) is 5.71. The third kappa shape index (κ3) is 2.78. The van der Waals surface area contributed by atoms with Gasteiger partial charge >= 0.3 is 5.97 Å². The van der Waals surface area contributed by atoms with E-state index in [0.29, 0.717) is 12.6 Å². The monoisotopic (exact) mass is 298 g/mol. The Morgan fingerprint density at radius 1 is 1.41 bits per heavy atom. The van der Waals surface area contributed by atoms with Crippen molar-refractivity contribution in [2.45, 2.75) is 38.6 Å². The number of rotatable bonds is 4. The molecule has 0 amide bonds. The van der Waals surface area contributed by atoms with Crippen LogP contribution in [0.25, 0.3) is 17.0 Å². The van der Waals surface area contributed by atoms with Crippen LogP contribution in [0, 0.1) is 5.92 Å². The molecule has 4 nitrogen and oxygen atoms in total. The summed E-state index contributed by atoms with van der Waals surface area (Å²) in [6.07, 6.45) is 7.49. The number of benzene rings is 1. The van der Waals surface area contributed by atoms with Gasteiger partial charge in [0.15, 0.2) is 0 Å². The van der Waals surface area contributed by atoms with Gasteiger partial charge < -0.3 is 4.74 Å². The van der Waals surface area contributed by atoms with Crippen molar-refractivity contribution in [1.29, 1.82) is 0 Å². The third-order valence-corrected chi connectivity index (χ3v) is 4.52. The highest BCUT2D eigenvalue weighted by Crippen LogP contribution is 2.34. The second-order valence-corrected chi connectivity index (χ2v) is 5.87. The largest absolute Gasteiger partial charge is 0.466 e. The van der Waals surface area contributed by atoms with Gasteiger partial charge in [0.1, 0.15) is 0 Å². The molecule has 1 fully saturated rings. The molecule has 0 saturated heterocycles. The van der Waals surface area contributed by atoms with Crippen molar-refractivity contribution in [2.75, 3.05) is 6.61 Å². The fourth-order valence-electron chi connectivity index (χ4n) is 3.31. The molecule has 1 heterocycles. The molecule has 0 N–H and O–H groups in total. The molecule has 2 aromatic rings. The summed E-state index contributed by atoms with van der Waals surface area (Å²) in [4.78, 5) is 11.8. The molecule has 1 aromatic heterocycles. The van der Waals surface area contributed by atoms with Crippen molar-refractivity contribution in [3.8, 4) is 0 Å². The van der Waals surface area contributed by atoms with Crippen LogP contribution in [0.4, 0.5) is 0 Å². The van der Waals surface area contributed by atoms with Gasteiger partial charge in [-0.25, -0.2) is 0 Å². The first-order valence-electron chi connectivity index (χ1n) is 7.99. The highest BCUT2D eigenvalue weighted by molar-refractivity contribution is 5.81. The average Bonchev–Trinajstić information content (AvgIpc) is 2.98. The summed E-state index contributed by atoms with van der Waals surface area (Å²) in [6.45, 7) is 6.13. The fourth-order valence-corrected chi connectivity index (χ4v) is 3.31. The molecular weight excluding hydrogens is 276 g/mol. The molecule has 22 heavy (non-hydrogen) atoms. The normalized spacial score (nSPS) is 21.7. The first-order valence-corrected chi connectivity index (χ1v) is 7.99. The highest BCUT2D eigenvalue weighted by atomic mass is 16.5. The zero-order chi connectivity index (χ0) is 15.5. The molecule has 0 radical (unpaired) electrons. The zero-order valence-corrected chi connectivity index (χ0v) is 13.0. The Bertz CT molecular complexity index is 681. The predicted molar refractivity (Wildman–Crippen MR) is 87.5 cm³/mol. The van der Waals surface area contributed by atoms with E-state index in [9.17, 15) is 4.79 Å². The molecule has 0 spiro atoms. The summed E-state index contributed by atoms with van der Waals surface area (Å²) in [6, 6.07) is 6.66. The van der Waals surface area contributed by atoms with E-state index in [1.807, 2.05) is 19.2 Å². The number of carbonyl (C=O) groups is 1. The van der Waals surface area contributed by atoms with Gasteiger partial charge in [-0.15, -0.1) is 0 Å². The Kier molecular flexibility index (Phi) is 4.27.